The SMILES string of the molecule is CNc1ncnc(N(C)CC(F)(F)F)c1C. The highest BCUT2D eigenvalue weighted by atomic mass is 19.4. The summed E-state index contributed by atoms with van der Waals surface area (Å²) in [6, 6.07) is 0. The molecule has 0 amide bonds. The normalized spacial score (nSPS) is 11.4. The zero-order valence-electron chi connectivity index (χ0n) is 9.26. The molecule has 0 radical (unpaired) electrons. The molecule has 1 heterocycles. The Labute approximate surface area is 91.5 Å². The molecule has 0 spiro atoms. The molecule has 1 N–H and O–H groups in total. The van der Waals surface area contributed by atoms with Crippen LogP contribution in [0.1, 0.15) is 5.56 Å². The van der Waals surface area contributed by atoms with Gasteiger partial charge in [0.15, 0.2) is 0 Å². The number of nitrogens with one attached hydrogen (secondary N) is 1. The minimum Gasteiger partial charge on any atom is -0.373 e. The number of aromatic nitrogens is 2. The molecule has 0 atom stereocenters. The smallest absolute Gasteiger partial charge is 0.373 e. The fourth-order valence-corrected chi connectivity index (χ4v) is 1.42. The highest BCUT2D eigenvalue weighted by molar-refractivity contribution is 5.57. The molecule has 0 saturated carbocycles. The van der Waals surface area contributed by atoms with Crippen molar-refractivity contribution < 1.29 is 13.2 Å². The summed E-state index contributed by atoms with van der Waals surface area (Å²) >= 11 is 0. The van der Waals surface area contributed by atoms with Gasteiger partial charge in [-0.05, 0) is 6.92 Å². The van der Waals surface area contributed by atoms with Crippen molar-refractivity contribution in [3.05, 3.63) is 11.9 Å². The lowest BCUT2D eigenvalue weighted by atomic mass is 10.3. The monoisotopic (exact) mass is 234 g/mol. The first-order valence-electron chi connectivity index (χ1n) is 4.62. The third-order valence-electron chi connectivity index (χ3n) is 2.07. The van der Waals surface area contributed by atoms with Gasteiger partial charge in [-0.15, -0.1) is 0 Å². The number of hydrogen-bond donors (Lipinski definition) is 1. The average Bonchev–Trinajstić information content (AvgIpc) is 2.15. The number of hydrogen-bond acceptors (Lipinski definition) is 4. The van der Waals surface area contributed by atoms with Crippen LogP contribution in [0, 0.1) is 6.92 Å². The zero-order valence-corrected chi connectivity index (χ0v) is 9.26. The van der Waals surface area contributed by atoms with Crippen molar-refractivity contribution in [2.24, 2.45) is 0 Å². The van der Waals surface area contributed by atoms with E-state index in [1.807, 2.05) is 0 Å². The highest BCUT2D eigenvalue weighted by Crippen LogP contribution is 2.24. The minimum atomic E-state index is -4.24. The molecular weight excluding hydrogens is 221 g/mol. The van der Waals surface area contributed by atoms with Gasteiger partial charge in [-0.1, -0.05) is 0 Å². The number of alkyl halides is 3. The first kappa shape index (κ1) is 12.5. The van der Waals surface area contributed by atoms with Crippen LogP contribution in [0.2, 0.25) is 0 Å². The van der Waals surface area contributed by atoms with Crippen LogP contribution in [0.15, 0.2) is 6.33 Å². The minimum absolute atomic E-state index is 0.275. The van der Waals surface area contributed by atoms with Crippen molar-refractivity contribution >= 4 is 11.6 Å². The highest BCUT2D eigenvalue weighted by Gasteiger charge is 2.30. The van der Waals surface area contributed by atoms with Crippen molar-refractivity contribution in [3.8, 4) is 0 Å². The van der Waals surface area contributed by atoms with E-state index in [9.17, 15) is 13.2 Å². The summed E-state index contributed by atoms with van der Waals surface area (Å²) in [4.78, 5) is 8.81. The van der Waals surface area contributed by atoms with Crippen LogP contribution in [-0.4, -0.2) is 36.8 Å². The van der Waals surface area contributed by atoms with Crippen molar-refractivity contribution in [3.63, 3.8) is 0 Å². The Kier molecular flexibility index (Phi) is 3.56. The number of rotatable bonds is 3. The molecule has 1 aromatic heterocycles. The fourth-order valence-electron chi connectivity index (χ4n) is 1.42. The molecule has 0 aliphatic heterocycles. The Morgan fingerprint density at radius 3 is 2.50 bits per heavy atom. The Morgan fingerprint density at radius 1 is 1.38 bits per heavy atom. The summed E-state index contributed by atoms with van der Waals surface area (Å²) in [5.41, 5.74) is 0.594. The van der Waals surface area contributed by atoms with E-state index in [2.05, 4.69) is 15.3 Å². The lowest BCUT2D eigenvalue weighted by molar-refractivity contribution is -0.119. The molecule has 1 rings (SSSR count). The maximum absolute atomic E-state index is 12.2. The summed E-state index contributed by atoms with van der Waals surface area (Å²) < 4.78 is 36.6. The van der Waals surface area contributed by atoms with Gasteiger partial charge in [0.1, 0.15) is 24.5 Å². The molecule has 90 valence electrons. The van der Waals surface area contributed by atoms with E-state index in [4.69, 9.17) is 0 Å². The van der Waals surface area contributed by atoms with Gasteiger partial charge in [0.2, 0.25) is 0 Å². The summed E-state index contributed by atoms with van der Waals surface area (Å²) in [5, 5.41) is 2.79. The topological polar surface area (TPSA) is 41.1 Å². The molecular formula is C9H13F3N4. The van der Waals surface area contributed by atoms with E-state index in [-0.39, 0.29) is 5.82 Å². The lowest BCUT2D eigenvalue weighted by Gasteiger charge is -2.22. The van der Waals surface area contributed by atoms with Gasteiger partial charge >= 0.3 is 6.18 Å². The maximum atomic E-state index is 12.2. The van der Waals surface area contributed by atoms with Crippen LogP contribution in [-0.2, 0) is 0 Å². The quantitative estimate of drug-likeness (QED) is 0.866. The molecule has 1 aromatic rings. The number of nitrogens with zero attached hydrogens (tertiary/aromatic N) is 3. The van der Waals surface area contributed by atoms with Crippen molar-refractivity contribution in [1.29, 1.82) is 0 Å². The van der Waals surface area contributed by atoms with Crippen LogP contribution in [0.4, 0.5) is 24.8 Å². The van der Waals surface area contributed by atoms with Gasteiger partial charge in [0.05, 0.1) is 0 Å². The molecule has 0 unspecified atom stereocenters. The van der Waals surface area contributed by atoms with Gasteiger partial charge < -0.3 is 10.2 Å². The first-order valence-corrected chi connectivity index (χ1v) is 4.62. The zero-order chi connectivity index (χ0) is 12.3. The van der Waals surface area contributed by atoms with Crippen LogP contribution in [0.25, 0.3) is 0 Å². The van der Waals surface area contributed by atoms with E-state index in [0.29, 0.717) is 11.4 Å². The van der Waals surface area contributed by atoms with Crippen molar-refractivity contribution in [2.75, 3.05) is 30.9 Å². The van der Waals surface area contributed by atoms with Gasteiger partial charge in [0, 0.05) is 19.7 Å². The van der Waals surface area contributed by atoms with Crippen molar-refractivity contribution in [2.45, 2.75) is 13.1 Å². The molecule has 4 nitrogen and oxygen atoms in total. The summed E-state index contributed by atoms with van der Waals surface area (Å²) in [6.45, 7) is 0.641. The summed E-state index contributed by atoms with van der Waals surface area (Å²) in [7, 11) is 3.01. The van der Waals surface area contributed by atoms with Crippen LogP contribution >= 0.6 is 0 Å². The predicted octanol–water partition coefficient (Wildman–Crippen LogP) is 1.83. The second-order valence-corrected chi connectivity index (χ2v) is 3.39. The predicted molar refractivity (Wildman–Crippen MR) is 55.6 cm³/mol. The molecule has 0 bridgehead atoms. The van der Waals surface area contributed by atoms with E-state index in [1.165, 1.54) is 13.4 Å². The lowest BCUT2D eigenvalue weighted by Crippen LogP contribution is -2.32. The van der Waals surface area contributed by atoms with Crippen molar-refractivity contribution in [1.82, 2.24) is 9.97 Å². The van der Waals surface area contributed by atoms with Crippen LogP contribution in [0.5, 0.6) is 0 Å². The molecule has 0 aliphatic rings. The second-order valence-electron chi connectivity index (χ2n) is 3.39. The van der Waals surface area contributed by atoms with Gasteiger partial charge in [0.25, 0.3) is 0 Å². The Balaban J connectivity index is 2.95. The summed E-state index contributed by atoms with van der Waals surface area (Å²) in [5.74, 6) is 0.802. The van der Waals surface area contributed by atoms with E-state index >= 15 is 0 Å². The van der Waals surface area contributed by atoms with E-state index in [0.717, 1.165) is 4.90 Å². The molecule has 0 aromatic carbocycles. The second kappa shape index (κ2) is 4.54. The molecule has 7 heteroatoms. The largest absolute Gasteiger partial charge is 0.405 e. The fraction of sp³-hybridized carbons (Fsp3) is 0.556. The molecule has 0 saturated heterocycles. The van der Waals surface area contributed by atoms with Crippen LogP contribution < -0.4 is 10.2 Å². The third-order valence-corrected chi connectivity index (χ3v) is 2.07. The third kappa shape index (κ3) is 2.98. The Bertz CT molecular complexity index is 364. The van der Waals surface area contributed by atoms with Crippen LogP contribution in [0.3, 0.4) is 0 Å². The maximum Gasteiger partial charge on any atom is 0.405 e. The van der Waals surface area contributed by atoms with Gasteiger partial charge in [-0.2, -0.15) is 13.2 Å². The number of anilines is 2. The molecule has 0 aliphatic carbocycles. The first-order chi connectivity index (χ1) is 7.35. The van der Waals surface area contributed by atoms with E-state index < -0.39 is 12.7 Å². The molecule has 16 heavy (non-hydrogen) atoms. The summed E-state index contributed by atoms with van der Waals surface area (Å²) in [6.07, 6.45) is -3.01. The molecule has 0 fully saturated rings. The van der Waals surface area contributed by atoms with Gasteiger partial charge in [-0.25, -0.2) is 9.97 Å². The standard InChI is InChI=1S/C9H13F3N4/c1-6-7(13-2)14-5-15-8(6)16(3)4-9(10,11)12/h5H,4H2,1-3H3,(H,13,14,15). The average molecular weight is 234 g/mol. The Morgan fingerprint density at radius 2 is 2.00 bits per heavy atom. The van der Waals surface area contributed by atoms with Gasteiger partial charge in [-0.3, -0.25) is 0 Å². The Hall–Kier alpha value is -1.53. The van der Waals surface area contributed by atoms with E-state index in [1.54, 1.807) is 14.0 Å². The number of halogens is 3.